The van der Waals surface area contributed by atoms with Crippen molar-refractivity contribution < 1.29 is 9.47 Å². The first kappa shape index (κ1) is 18.2. The zero-order valence-corrected chi connectivity index (χ0v) is 14.9. The molecule has 1 aliphatic rings. The largest absolute Gasteiger partial charge is 0.491 e. The minimum absolute atomic E-state index is 0.214. The molecule has 23 heavy (non-hydrogen) atoms. The first-order valence-electron chi connectivity index (χ1n) is 9.00. The van der Waals surface area contributed by atoms with Gasteiger partial charge in [-0.05, 0) is 44.5 Å². The van der Waals surface area contributed by atoms with Crippen LogP contribution in [0.1, 0.15) is 45.2 Å². The number of hydrogen-bond donors (Lipinski definition) is 1. The predicted octanol–water partition coefficient (Wildman–Crippen LogP) is 3.24. The second-order valence-corrected chi connectivity index (χ2v) is 6.46. The molecule has 1 unspecified atom stereocenters. The van der Waals surface area contributed by atoms with Gasteiger partial charge in [0.05, 0.1) is 19.3 Å². The number of nitrogens with one attached hydrogen (secondary N) is 1. The second-order valence-electron chi connectivity index (χ2n) is 6.46. The Bertz CT molecular complexity index is 428. The van der Waals surface area contributed by atoms with E-state index in [1.165, 1.54) is 18.4 Å². The summed E-state index contributed by atoms with van der Waals surface area (Å²) < 4.78 is 11.3. The Morgan fingerprint density at radius 1 is 1.17 bits per heavy atom. The van der Waals surface area contributed by atoms with E-state index < -0.39 is 0 Å². The van der Waals surface area contributed by atoms with Crippen molar-refractivity contribution in [3.63, 3.8) is 0 Å². The standard InChI is InChI=1S/C19H32N2O2/c1-4-5-10-20-15-19(21-11-13-22-14-12-21)17-6-8-18(9-7-17)23-16(2)3/h6-9,16,19-20H,4-5,10-15H2,1-3H3. The van der Waals surface area contributed by atoms with E-state index in [4.69, 9.17) is 9.47 Å². The summed E-state index contributed by atoms with van der Waals surface area (Å²) in [7, 11) is 0. The van der Waals surface area contributed by atoms with E-state index in [1.54, 1.807) is 0 Å². The Hall–Kier alpha value is -1.10. The summed E-state index contributed by atoms with van der Waals surface area (Å²) in [6, 6.07) is 9.01. The predicted molar refractivity (Wildman–Crippen MR) is 95.1 cm³/mol. The fourth-order valence-electron chi connectivity index (χ4n) is 2.93. The van der Waals surface area contributed by atoms with Gasteiger partial charge in [-0.15, -0.1) is 0 Å². The highest BCUT2D eigenvalue weighted by atomic mass is 16.5. The lowest BCUT2D eigenvalue weighted by molar-refractivity contribution is 0.0162. The smallest absolute Gasteiger partial charge is 0.119 e. The van der Waals surface area contributed by atoms with E-state index in [1.807, 2.05) is 0 Å². The Morgan fingerprint density at radius 3 is 2.48 bits per heavy atom. The molecule has 4 nitrogen and oxygen atoms in total. The molecular weight excluding hydrogens is 288 g/mol. The summed E-state index contributed by atoms with van der Waals surface area (Å²) in [6.45, 7) is 12.1. The minimum atomic E-state index is 0.214. The van der Waals surface area contributed by atoms with E-state index in [-0.39, 0.29) is 6.10 Å². The Morgan fingerprint density at radius 2 is 1.87 bits per heavy atom. The fourth-order valence-corrected chi connectivity index (χ4v) is 2.93. The fraction of sp³-hybridized carbons (Fsp3) is 0.684. The Kier molecular flexibility index (Phi) is 7.86. The number of morpholine rings is 1. The van der Waals surface area contributed by atoms with Gasteiger partial charge in [0.25, 0.3) is 0 Å². The van der Waals surface area contributed by atoms with E-state index >= 15 is 0 Å². The van der Waals surface area contributed by atoms with E-state index in [0.29, 0.717) is 6.04 Å². The van der Waals surface area contributed by atoms with E-state index in [9.17, 15) is 0 Å². The minimum Gasteiger partial charge on any atom is -0.491 e. The lowest BCUT2D eigenvalue weighted by Gasteiger charge is -2.35. The van der Waals surface area contributed by atoms with Crippen molar-refractivity contribution >= 4 is 0 Å². The molecule has 1 aromatic carbocycles. The van der Waals surface area contributed by atoms with Gasteiger partial charge in [-0.2, -0.15) is 0 Å². The van der Waals surface area contributed by atoms with Gasteiger partial charge in [0.15, 0.2) is 0 Å². The lowest BCUT2D eigenvalue weighted by atomic mass is 10.0. The summed E-state index contributed by atoms with van der Waals surface area (Å²) in [6.07, 6.45) is 2.68. The molecule has 0 bridgehead atoms. The quantitative estimate of drug-likeness (QED) is 0.708. The SMILES string of the molecule is CCCCNCC(c1ccc(OC(C)C)cc1)N1CCOCC1. The molecule has 4 heteroatoms. The molecule has 1 saturated heterocycles. The van der Waals surface area contributed by atoms with Gasteiger partial charge < -0.3 is 14.8 Å². The Labute approximate surface area is 141 Å². The molecule has 1 heterocycles. The normalized spacial score (nSPS) is 17.4. The monoisotopic (exact) mass is 320 g/mol. The number of hydrogen-bond acceptors (Lipinski definition) is 4. The van der Waals surface area contributed by atoms with Crippen molar-refractivity contribution in [2.45, 2.75) is 45.8 Å². The van der Waals surface area contributed by atoms with Gasteiger partial charge in [-0.3, -0.25) is 4.90 Å². The molecule has 0 amide bonds. The van der Waals surface area contributed by atoms with Crippen LogP contribution in [0.5, 0.6) is 5.75 Å². The van der Waals surface area contributed by atoms with Gasteiger partial charge in [-0.1, -0.05) is 25.5 Å². The molecule has 0 aliphatic carbocycles. The van der Waals surface area contributed by atoms with Crippen LogP contribution >= 0.6 is 0 Å². The summed E-state index contributed by atoms with van der Waals surface area (Å²) in [5, 5.41) is 3.62. The molecule has 0 radical (unpaired) electrons. The maximum atomic E-state index is 5.76. The third-order valence-corrected chi connectivity index (χ3v) is 4.17. The molecular formula is C19H32N2O2. The van der Waals surface area contributed by atoms with Gasteiger partial charge in [0.1, 0.15) is 5.75 Å². The number of rotatable bonds is 9. The van der Waals surface area contributed by atoms with Crippen molar-refractivity contribution in [2.24, 2.45) is 0 Å². The molecule has 0 spiro atoms. The summed E-state index contributed by atoms with van der Waals surface area (Å²) >= 11 is 0. The molecule has 1 aromatic rings. The van der Waals surface area contributed by atoms with Crippen LogP contribution in [-0.2, 0) is 4.74 Å². The van der Waals surface area contributed by atoms with Crippen molar-refractivity contribution in [3.8, 4) is 5.75 Å². The zero-order chi connectivity index (χ0) is 16.5. The molecule has 1 N–H and O–H groups in total. The van der Waals surface area contributed by atoms with Crippen molar-refractivity contribution in [1.82, 2.24) is 10.2 Å². The van der Waals surface area contributed by atoms with Crippen molar-refractivity contribution in [3.05, 3.63) is 29.8 Å². The number of benzene rings is 1. The van der Waals surface area contributed by atoms with Crippen LogP contribution in [0.15, 0.2) is 24.3 Å². The number of ether oxygens (including phenoxy) is 2. The molecule has 2 rings (SSSR count). The third kappa shape index (κ3) is 6.13. The topological polar surface area (TPSA) is 33.7 Å². The molecule has 1 fully saturated rings. The van der Waals surface area contributed by atoms with E-state index in [0.717, 1.165) is 45.1 Å². The van der Waals surface area contributed by atoms with Gasteiger partial charge in [0, 0.05) is 25.7 Å². The summed E-state index contributed by atoms with van der Waals surface area (Å²) in [5.41, 5.74) is 1.35. The van der Waals surface area contributed by atoms with Crippen LogP contribution in [0.25, 0.3) is 0 Å². The van der Waals surface area contributed by atoms with Gasteiger partial charge >= 0.3 is 0 Å². The molecule has 0 saturated carbocycles. The van der Waals surface area contributed by atoms with Gasteiger partial charge in [0.2, 0.25) is 0 Å². The van der Waals surface area contributed by atoms with Crippen molar-refractivity contribution in [1.29, 1.82) is 0 Å². The lowest BCUT2D eigenvalue weighted by Crippen LogP contribution is -2.43. The van der Waals surface area contributed by atoms with Gasteiger partial charge in [-0.25, -0.2) is 0 Å². The van der Waals surface area contributed by atoms with Crippen LogP contribution < -0.4 is 10.1 Å². The molecule has 1 aliphatic heterocycles. The highest BCUT2D eigenvalue weighted by Gasteiger charge is 2.22. The highest BCUT2D eigenvalue weighted by Crippen LogP contribution is 2.24. The van der Waals surface area contributed by atoms with Crippen LogP contribution in [0.3, 0.4) is 0 Å². The van der Waals surface area contributed by atoms with Crippen LogP contribution in [0.2, 0.25) is 0 Å². The summed E-state index contributed by atoms with van der Waals surface area (Å²) in [4.78, 5) is 2.53. The van der Waals surface area contributed by atoms with Crippen LogP contribution in [0, 0.1) is 0 Å². The third-order valence-electron chi connectivity index (χ3n) is 4.17. The molecule has 1 atom stereocenters. The second kappa shape index (κ2) is 9.91. The van der Waals surface area contributed by atoms with Crippen LogP contribution in [0.4, 0.5) is 0 Å². The number of nitrogens with zero attached hydrogens (tertiary/aromatic N) is 1. The number of unbranched alkanes of at least 4 members (excludes halogenated alkanes) is 1. The maximum absolute atomic E-state index is 5.76. The highest BCUT2D eigenvalue weighted by molar-refractivity contribution is 5.29. The summed E-state index contributed by atoms with van der Waals surface area (Å²) in [5.74, 6) is 0.948. The average Bonchev–Trinajstić information content (AvgIpc) is 2.56. The molecule has 130 valence electrons. The Balaban J connectivity index is 2.02. The van der Waals surface area contributed by atoms with Crippen molar-refractivity contribution in [2.75, 3.05) is 39.4 Å². The molecule has 0 aromatic heterocycles. The van der Waals surface area contributed by atoms with E-state index in [2.05, 4.69) is 55.3 Å². The maximum Gasteiger partial charge on any atom is 0.119 e. The first-order valence-corrected chi connectivity index (χ1v) is 9.00. The zero-order valence-electron chi connectivity index (χ0n) is 14.9. The average molecular weight is 320 g/mol. The van der Waals surface area contributed by atoms with Crippen LogP contribution in [-0.4, -0.2) is 50.4 Å². The first-order chi connectivity index (χ1) is 11.2.